The molecule has 0 radical (unpaired) electrons. The average molecular weight is 498 g/mol. The molecule has 0 fully saturated rings. The molecule has 0 aliphatic carbocycles. The number of nitrogens with one attached hydrogen (secondary N) is 2. The summed E-state index contributed by atoms with van der Waals surface area (Å²) in [4.78, 5) is 37.4. The van der Waals surface area contributed by atoms with E-state index in [0.29, 0.717) is 5.56 Å². The van der Waals surface area contributed by atoms with Crippen LogP contribution in [0.4, 0.5) is 15.8 Å². The summed E-state index contributed by atoms with van der Waals surface area (Å²) in [6.07, 6.45) is 0.0420. The Morgan fingerprint density at radius 1 is 0.757 bits per heavy atom. The first-order valence-corrected chi connectivity index (χ1v) is 11.6. The summed E-state index contributed by atoms with van der Waals surface area (Å²) in [6.45, 7) is 0. The second-order valence-electron chi connectivity index (χ2n) is 8.41. The number of halogens is 1. The molecule has 0 aliphatic heterocycles. The third kappa shape index (κ3) is 6.43. The van der Waals surface area contributed by atoms with E-state index in [1.807, 2.05) is 60.7 Å². The van der Waals surface area contributed by atoms with Gasteiger partial charge in [0.15, 0.2) is 0 Å². The Morgan fingerprint density at radius 3 is 1.84 bits per heavy atom. The van der Waals surface area contributed by atoms with Crippen molar-refractivity contribution in [2.24, 2.45) is 0 Å². The molecule has 1 atom stereocenters. The molecule has 4 aromatic carbocycles. The number of nitro groups is 1. The maximum Gasteiger partial charge on any atom is 0.269 e. The first-order valence-electron chi connectivity index (χ1n) is 11.6. The summed E-state index contributed by atoms with van der Waals surface area (Å²) < 4.78 is 14.2. The molecule has 0 heterocycles. The largest absolute Gasteiger partial charge is 0.343 e. The smallest absolute Gasteiger partial charge is 0.269 e. The molecule has 7 nitrogen and oxygen atoms in total. The number of rotatable bonds is 9. The van der Waals surface area contributed by atoms with Crippen molar-refractivity contribution in [2.75, 3.05) is 5.32 Å². The number of hydrogen-bond acceptors (Lipinski definition) is 4. The highest BCUT2D eigenvalue weighted by Gasteiger charge is 2.28. The number of nitrogens with zero attached hydrogens (tertiary/aromatic N) is 1. The highest BCUT2D eigenvalue weighted by atomic mass is 19.1. The number of benzene rings is 4. The lowest BCUT2D eigenvalue weighted by molar-refractivity contribution is -0.384. The van der Waals surface area contributed by atoms with Crippen LogP contribution in [0.3, 0.4) is 0 Å². The number of carbonyl (C=O) groups is 2. The number of amides is 2. The third-order valence-electron chi connectivity index (χ3n) is 5.88. The Kier molecular flexibility index (Phi) is 8.00. The molecule has 0 saturated heterocycles. The van der Waals surface area contributed by atoms with Crippen molar-refractivity contribution in [3.63, 3.8) is 0 Å². The number of para-hydroxylation sites is 1. The molecule has 0 aromatic heterocycles. The van der Waals surface area contributed by atoms with Crippen LogP contribution >= 0.6 is 0 Å². The maximum absolute atomic E-state index is 14.2. The van der Waals surface area contributed by atoms with E-state index in [1.165, 1.54) is 42.5 Å². The number of carbonyl (C=O) groups excluding carboxylic acids is 2. The number of anilines is 1. The van der Waals surface area contributed by atoms with Gasteiger partial charge in [-0.05, 0) is 28.8 Å². The Balaban J connectivity index is 1.64. The fourth-order valence-corrected chi connectivity index (χ4v) is 4.02. The molecular weight excluding hydrogens is 473 g/mol. The highest BCUT2D eigenvalue weighted by Crippen LogP contribution is 2.25. The van der Waals surface area contributed by atoms with Gasteiger partial charge >= 0.3 is 0 Å². The summed E-state index contributed by atoms with van der Waals surface area (Å²) in [7, 11) is 0. The molecule has 4 aromatic rings. The maximum atomic E-state index is 14.2. The van der Waals surface area contributed by atoms with E-state index in [1.54, 1.807) is 6.07 Å². The van der Waals surface area contributed by atoms with Crippen LogP contribution in [-0.4, -0.2) is 22.8 Å². The van der Waals surface area contributed by atoms with E-state index in [9.17, 15) is 24.1 Å². The van der Waals surface area contributed by atoms with Gasteiger partial charge in [0.25, 0.3) is 5.69 Å². The lowest BCUT2D eigenvalue weighted by Crippen LogP contribution is -2.47. The Hall–Kier alpha value is -4.85. The van der Waals surface area contributed by atoms with Crippen LogP contribution in [-0.2, 0) is 16.0 Å². The molecule has 2 N–H and O–H groups in total. The zero-order valence-electron chi connectivity index (χ0n) is 19.7. The molecule has 0 aliphatic rings. The van der Waals surface area contributed by atoms with Crippen molar-refractivity contribution in [3.8, 4) is 0 Å². The van der Waals surface area contributed by atoms with Crippen LogP contribution in [0, 0.1) is 15.9 Å². The van der Waals surface area contributed by atoms with Gasteiger partial charge < -0.3 is 10.6 Å². The van der Waals surface area contributed by atoms with Crippen LogP contribution < -0.4 is 10.6 Å². The van der Waals surface area contributed by atoms with Crippen LogP contribution in [0.25, 0.3) is 0 Å². The van der Waals surface area contributed by atoms with Crippen LogP contribution in [0.1, 0.15) is 22.6 Å². The van der Waals surface area contributed by atoms with Gasteiger partial charge in [-0.15, -0.1) is 0 Å². The van der Waals surface area contributed by atoms with E-state index in [4.69, 9.17) is 0 Å². The first-order chi connectivity index (χ1) is 17.9. The molecular formula is C29H24FN3O4. The number of non-ortho nitro benzene ring substituents is 1. The number of hydrogen-bond donors (Lipinski definition) is 2. The first kappa shape index (κ1) is 25.2. The average Bonchev–Trinajstić information content (AvgIpc) is 2.91. The summed E-state index contributed by atoms with van der Waals surface area (Å²) in [6, 6.07) is 28.7. The van der Waals surface area contributed by atoms with Crippen molar-refractivity contribution in [3.05, 3.63) is 142 Å². The van der Waals surface area contributed by atoms with Gasteiger partial charge in [-0.1, -0.05) is 84.9 Å². The summed E-state index contributed by atoms with van der Waals surface area (Å²) >= 11 is 0. The van der Waals surface area contributed by atoms with Crippen molar-refractivity contribution in [1.29, 1.82) is 0 Å². The van der Waals surface area contributed by atoms with Gasteiger partial charge in [0.1, 0.15) is 11.9 Å². The molecule has 0 unspecified atom stereocenters. The van der Waals surface area contributed by atoms with Gasteiger partial charge in [-0.3, -0.25) is 19.7 Å². The van der Waals surface area contributed by atoms with Crippen molar-refractivity contribution < 1.29 is 18.9 Å². The van der Waals surface area contributed by atoms with Gasteiger partial charge in [-0.25, -0.2) is 4.39 Å². The summed E-state index contributed by atoms with van der Waals surface area (Å²) in [5.74, 6) is -2.32. The zero-order chi connectivity index (χ0) is 26.2. The zero-order valence-corrected chi connectivity index (χ0v) is 19.7. The van der Waals surface area contributed by atoms with Crippen LogP contribution in [0.5, 0.6) is 0 Å². The van der Waals surface area contributed by atoms with Gasteiger partial charge in [0.2, 0.25) is 11.8 Å². The lowest BCUT2D eigenvalue weighted by atomic mass is 9.90. The standard InChI is InChI=1S/C29H24FN3O4/c30-24-13-7-8-14-25(24)31-28(34)26(19-20-15-17-23(18-16-20)33(36)37)32-29(35)27(21-9-3-1-4-10-21)22-11-5-2-6-12-22/h1-18,26-27H,19H2,(H,31,34)(H,32,35)/t26-/m0/s1. The minimum atomic E-state index is -1.08. The molecule has 2 amide bonds. The predicted molar refractivity (Wildman–Crippen MR) is 138 cm³/mol. The van der Waals surface area contributed by atoms with E-state index in [2.05, 4.69) is 10.6 Å². The monoisotopic (exact) mass is 497 g/mol. The van der Waals surface area contributed by atoms with E-state index in [0.717, 1.165) is 11.1 Å². The lowest BCUT2D eigenvalue weighted by Gasteiger charge is -2.23. The molecule has 0 bridgehead atoms. The molecule has 0 spiro atoms. The third-order valence-corrected chi connectivity index (χ3v) is 5.88. The fraction of sp³-hybridized carbons (Fsp3) is 0.103. The van der Waals surface area contributed by atoms with Gasteiger partial charge in [0.05, 0.1) is 16.5 Å². The Morgan fingerprint density at radius 2 is 1.30 bits per heavy atom. The van der Waals surface area contributed by atoms with Crippen molar-refractivity contribution in [2.45, 2.75) is 18.4 Å². The second kappa shape index (κ2) is 11.7. The van der Waals surface area contributed by atoms with E-state index >= 15 is 0 Å². The van der Waals surface area contributed by atoms with E-state index in [-0.39, 0.29) is 17.8 Å². The molecule has 37 heavy (non-hydrogen) atoms. The highest BCUT2D eigenvalue weighted by molar-refractivity contribution is 5.99. The number of nitro benzene ring substituents is 1. The van der Waals surface area contributed by atoms with E-state index < -0.39 is 34.5 Å². The quantitative estimate of drug-likeness (QED) is 0.244. The van der Waals surface area contributed by atoms with Gasteiger partial charge in [0, 0.05) is 18.6 Å². The predicted octanol–water partition coefficient (Wildman–Crippen LogP) is 5.23. The Bertz CT molecular complexity index is 1340. The summed E-state index contributed by atoms with van der Waals surface area (Å²) in [5, 5.41) is 16.4. The minimum Gasteiger partial charge on any atom is -0.343 e. The van der Waals surface area contributed by atoms with Crippen molar-refractivity contribution in [1.82, 2.24) is 5.32 Å². The SMILES string of the molecule is O=C(N[C@@H](Cc1ccc([N+](=O)[O-])cc1)C(=O)Nc1ccccc1F)C(c1ccccc1)c1ccccc1. The topological polar surface area (TPSA) is 101 Å². The summed E-state index contributed by atoms with van der Waals surface area (Å²) in [5.41, 5.74) is 1.98. The Labute approximate surface area is 213 Å². The molecule has 186 valence electrons. The van der Waals surface area contributed by atoms with Crippen molar-refractivity contribution >= 4 is 23.2 Å². The fourth-order valence-electron chi connectivity index (χ4n) is 4.02. The normalized spacial score (nSPS) is 11.5. The minimum absolute atomic E-state index is 0.0156. The molecule has 8 heteroatoms. The van der Waals surface area contributed by atoms with Crippen LogP contribution in [0.2, 0.25) is 0 Å². The molecule has 0 saturated carbocycles. The van der Waals surface area contributed by atoms with Crippen LogP contribution in [0.15, 0.2) is 109 Å². The van der Waals surface area contributed by atoms with Gasteiger partial charge in [-0.2, -0.15) is 0 Å². The second-order valence-corrected chi connectivity index (χ2v) is 8.41. The molecule has 4 rings (SSSR count).